The Kier molecular flexibility index (Phi) is 7.10. The minimum atomic E-state index is -0.610. The molecule has 1 aliphatic rings. The molecule has 1 heterocycles. The van der Waals surface area contributed by atoms with Gasteiger partial charge in [-0.25, -0.2) is 0 Å². The SMILES string of the molecule is COC(=O)C(C)(CCN1CCCN(C)CC1C)NC(C)C. The fourth-order valence-electron chi connectivity index (χ4n) is 3.22. The predicted molar refractivity (Wildman–Crippen MR) is 86.5 cm³/mol. The van der Waals surface area contributed by atoms with Crippen molar-refractivity contribution < 1.29 is 9.53 Å². The summed E-state index contributed by atoms with van der Waals surface area (Å²) in [5, 5.41) is 3.37. The number of rotatable bonds is 6. The molecule has 5 heteroatoms. The predicted octanol–water partition coefficient (Wildman–Crippen LogP) is 1.33. The third kappa shape index (κ3) is 5.57. The van der Waals surface area contributed by atoms with Gasteiger partial charge in [-0.1, -0.05) is 0 Å². The van der Waals surface area contributed by atoms with Crippen LogP contribution in [0.25, 0.3) is 0 Å². The Labute approximate surface area is 130 Å². The molecule has 0 spiro atoms. The lowest BCUT2D eigenvalue weighted by atomic mass is 9.96. The maximum absolute atomic E-state index is 12.1. The minimum Gasteiger partial charge on any atom is -0.468 e. The van der Waals surface area contributed by atoms with Gasteiger partial charge >= 0.3 is 5.97 Å². The van der Waals surface area contributed by atoms with Crippen LogP contribution >= 0.6 is 0 Å². The van der Waals surface area contributed by atoms with Crippen LogP contribution in [0.15, 0.2) is 0 Å². The summed E-state index contributed by atoms with van der Waals surface area (Å²) in [7, 11) is 3.64. The Morgan fingerprint density at radius 1 is 1.43 bits per heavy atom. The average molecular weight is 299 g/mol. The summed E-state index contributed by atoms with van der Waals surface area (Å²) in [4.78, 5) is 17.0. The van der Waals surface area contributed by atoms with Crippen LogP contribution in [0, 0.1) is 0 Å². The van der Waals surface area contributed by atoms with Crippen LogP contribution in [0.3, 0.4) is 0 Å². The smallest absolute Gasteiger partial charge is 0.325 e. The first kappa shape index (κ1) is 18.4. The Bertz CT molecular complexity index is 335. The average Bonchev–Trinajstić information content (AvgIpc) is 2.55. The number of likely N-dealkylation sites (N-methyl/N-ethyl adjacent to an activating group) is 1. The molecular formula is C16H33N3O2. The molecule has 0 aromatic rings. The van der Waals surface area contributed by atoms with Gasteiger partial charge in [0.15, 0.2) is 0 Å². The number of esters is 1. The van der Waals surface area contributed by atoms with Crippen molar-refractivity contribution in [2.75, 3.05) is 40.3 Å². The number of hydrogen-bond acceptors (Lipinski definition) is 5. The van der Waals surface area contributed by atoms with Crippen molar-refractivity contribution in [2.24, 2.45) is 0 Å². The van der Waals surface area contributed by atoms with Gasteiger partial charge in [0.05, 0.1) is 7.11 Å². The second-order valence-corrected chi connectivity index (χ2v) is 6.87. The number of ether oxygens (including phenoxy) is 1. The normalized spacial score (nSPS) is 24.6. The number of nitrogens with one attached hydrogen (secondary N) is 1. The van der Waals surface area contributed by atoms with E-state index in [1.54, 1.807) is 0 Å². The Morgan fingerprint density at radius 3 is 2.67 bits per heavy atom. The van der Waals surface area contributed by atoms with Crippen molar-refractivity contribution in [2.45, 2.75) is 58.2 Å². The maximum atomic E-state index is 12.1. The molecule has 1 saturated heterocycles. The van der Waals surface area contributed by atoms with Crippen LogP contribution in [0.2, 0.25) is 0 Å². The van der Waals surface area contributed by atoms with Crippen LogP contribution in [0.4, 0.5) is 0 Å². The first-order valence-corrected chi connectivity index (χ1v) is 8.07. The van der Waals surface area contributed by atoms with E-state index in [0.29, 0.717) is 6.04 Å². The molecule has 1 aliphatic heterocycles. The molecule has 1 N–H and O–H groups in total. The lowest BCUT2D eigenvalue weighted by molar-refractivity contribution is -0.148. The number of carbonyl (C=O) groups excluding carboxylic acids is 1. The molecule has 0 radical (unpaired) electrons. The molecule has 0 saturated carbocycles. The topological polar surface area (TPSA) is 44.8 Å². The highest BCUT2D eigenvalue weighted by atomic mass is 16.5. The van der Waals surface area contributed by atoms with Crippen molar-refractivity contribution in [1.82, 2.24) is 15.1 Å². The summed E-state index contributed by atoms with van der Waals surface area (Å²) >= 11 is 0. The molecule has 0 aliphatic carbocycles. The number of nitrogens with zero attached hydrogens (tertiary/aromatic N) is 2. The van der Waals surface area contributed by atoms with Crippen LogP contribution in [0.5, 0.6) is 0 Å². The quantitative estimate of drug-likeness (QED) is 0.750. The van der Waals surface area contributed by atoms with E-state index < -0.39 is 5.54 Å². The van der Waals surface area contributed by atoms with E-state index in [9.17, 15) is 4.79 Å². The first-order chi connectivity index (χ1) is 9.78. The van der Waals surface area contributed by atoms with Crippen molar-refractivity contribution in [3.8, 4) is 0 Å². The van der Waals surface area contributed by atoms with Crippen LogP contribution in [-0.4, -0.2) is 73.7 Å². The van der Waals surface area contributed by atoms with Gasteiger partial charge < -0.3 is 9.64 Å². The number of carbonyl (C=O) groups is 1. The van der Waals surface area contributed by atoms with Gasteiger partial charge in [-0.2, -0.15) is 0 Å². The molecule has 2 unspecified atom stereocenters. The molecule has 0 bridgehead atoms. The van der Waals surface area contributed by atoms with Crippen molar-refractivity contribution in [3.05, 3.63) is 0 Å². The monoisotopic (exact) mass is 299 g/mol. The molecule has 2 atom stereocenters. The van der Waals surface area contributed by atoms with E-state index in [0.717, 1.165) is 32.6 Å². The summed E-state index contributed by atoms with van der Waals surface area (Å²) in [6.07, 6.45) is 1.96. The van der Waals surface area contributed by atoms with Gasteiger partial charge in [0.25, 0.3) is 0 Å². The second-order valence-electron chi connectivity index (χ2n) is 6.87. The summed E-state index contributed by atoms with van der Waals surface area (Å²) in [5.41, 5.74) is -0.610. The molecule has 0 aromatic carbocycles. The van der Waals surface area contributed by atoms with E-state index in [4.69, 9.17) is 4.74 Å². The Morgan fingerprint density at radius 2 is 2.10 bits per heavy atom. The lowest BCUT2D eigenvalue weighted by Crippen LogP contribution is -2.55. The van der Waals surface area contributed by atoms with Crippen LogP contribution in [0.1, 0.15) is 40.5 Å². The zero-order valence-corrected chi connectivity index (χ0v) is 14.6. The van der Waals surface area contributed by atoms with Gasteiger partial charge in [-0.15, -0.1) is 0 Å². The van der Waals surface area contributed by atoms with Crippen molar-refractivity contribution in [3.63, 3.8) is 0 Å². The molecular weight excluding hydrogens is 266 g/mol. The third-order valence-electron chi connectivity index (χ3n) is 4.33. The van der Waals surface area contributed by atoms with Gasteiger partial charge in [0, 0.05) is 25.2 Å². The van der Waals surface area contributed by atoms with Crippen LogP contribution in [-0.2, 0) is 9.53 Å². The third-order valence-corrected chi connectivity index (χ3v) is 4.33. The summed E-state index contributed by atoms with van der Waals surface area (Å²) in [6, 6.07) is 0.778. The van der Waals surface area contributed by atoms with E-state index in [2.05, 4.69) is 42.9 Å². The Hall–Kier alpha value is -0.650. The van der Waals surface area contributed by atoms with Crippen molar-refractivity contribution in [1.29, 1.82) is 0 Å². The van der Waals surface area contributed by atoms with E-state index in [-0.39, 0.29) is 12.0 Å². The van der Waals surface area contributed by atoms with E-state index in [1.807, 2.05) is 6.92 Å². The van der Waals surface area contributed by atoms with Crippen LogP contribution < -0.4 is 5.32 Å². The number of methoxy groups -OCH3 is 1. The molecule has 124 valence electrons. The molecule has 0 aromatic heterocycles. The molecule has 21 heavy (non-hydrogen) atoms. The largest absolute Gasteiger partial charge is 0.468 e. The fourth-order valence-corrected chi connectivity index (χ4v) is 3.22. The van der Waals surface area contributed by atoms with E-state index >= 15 is 0 Å². The first-order valence-electron chi connectivity index (χ1n) is 8.07. The van der Waals surface area contributed by atoms with Gasteiger partial charge in [-0.3, -0.25) is 15.0 Å². The number of hydrogen-bond donors (Lipinski definition) is 1. The fraction of sp³-hybridized carbons (Fsp3) is 0.938. The highest BCUT2D eigenvalue weighted by Crippen LogP contribution is 2.17. The van der Waals surface area contributed by atoms with Gasteiger partial charge in [-0.05, 0) is 60.7 Å². The Balaban J connectivity index is 2.65. The molecule has 1 rings (SSSR count). The standard InChI is InChI=1S/C16H33N3O2/c1-13(2)17-16(4,15(20)21-6)8-11-19-10-7-9-18(5)12-14(19)3/h13-14,17H,7-12H2,1-6H3. The van der Waals surface area contributed by atoms with Gasteiger partial charge in [0.1, 0.15) is 5.54 Å². The highest BCUT2D eigenvalue weighted by molar-refractivity contribution is 5.80. The summed E-state index contributed by atoms with van der Waals surface area (Å²) in [6.45, 7) is 12.6. The molecule has 5 nitrogen and oxygen atoms in total. The second kappa shape index (κ2) is 8.11. The minimum absolute atomic E-state index is 0.171. The summed E-state index contributed by atoms with van der Waals surface area (Å²) < 4.78 is 5.00. The van der Waals surface area contributed by atoms with Crippen molar-refractivity contribution >= 4 is 5.97 Å². The molecule has 0 amide bonds. The zero-order valence-electron chi connectivity index (χ0n) is 14.6. The summed E-state index contributed by atoms with van der Waals surface area (Å²) in [5.74, 6) is -0.171. The maximum Gasteiger partial charge on any atom is 0.325 e. The van der Waals surface area contributed by atoms with E-state index in [1.165, 1.54) is 13.5 Å². The molecule has 1 fully saturated rings. The van der Waals surface area contributed by atoms with Gasteiger partial charge in [0.2, 0.25) is 0 Å². The highest BCUT2D eigenvalue weighted by Gasteiger charge is 2.35. The zero-order chi connectivity index (χ0) is 16.0. The lowest BCUT2D eigenvalue weighted by Gasteiger charge is -2.34.